The molecule has 0 bridgehead atoms. The molecule has 0 aromatic heterocycles. The van der Waals surface area contributed by atoms with Gasteiger partial charge < -0.3 is 0 Å². The minimum Gasteiger partial charge on any atom is -0.153 e. The molecule has 0 aromatic rings. The van der Waals surface area contributed by atoms with Crippen molar-refractivity contribution in [2.75, 3.05) is 0 Å². The summed E-state index contributed by atoms with van der Waals surface area (Å²) in [5.41, 5.74) is 0. The van der Waals surface area contributed by atoms with Crippen LogP contribution in [0.4, 0.5) is 0 Å². The maximum absolute atomic E-state index is 2.33. The van der Waals surface area contributed by atoms with Crippen molar-refractivity contribution in [2.24, 2.45) is 0 Å². The average Bonchev–Trinajstić information content (AvgIpc) is 2.45. The first-order valence-electron chi connectivity index (χ1n) is 6.33. The summed E-state index contributed by atoms with van der Waals surface area (Å²) in [5.74, 6) is 0. The van der Waals surface area contributed by atoms with Gasteiger partial charge in [-0.3, -0.25) is 0 Å². The lowest BCUT2D eigenvalue weighted by Gasteiger charge is -1.12. The third kappa shape index (κ3) is 2230. The standard InChI is InChI=1S/6C2H6.CH4.B.H4P2.H3P/c6*1-2;;;1-2;/h6*1-2H3;1H4;;1-2H2;1H3. The SMILES string of the molecule is C.CC.CC.CC.CC.CC.CC.P.PP.[B]. The van der Waals surface area contributed by atoms with E-state index in [1.165, 1.54) is 0 Å². The van der Waals surface area contributed by atoms with Gasteiger partial charge in [-0.05, 0) is 0 Å². The summed E-state index contributed by atoms with van der Waals surface area (Å²) in [6, 6.07) is 0. The van der Waals surface area contributed by atoms with E-state index in [1.807, 2.05) is 83.1 Å². The van der Waals surface area contributed by atoms with E-state index in [4.69, 9.17) is 0 Å². The van der Waals surface area contributed by atoms with Crippen molar-refractivity contribution in [1.82, 2.24) is 0 Å². The van der Waals surface area contributed by atoms with Crippen molar-refractivity contribution in [3.8, 4) is 0 Å². The van der Waals surface area contributed by atoms with Crippen LogP contribution in [0.3, 0.4) is 0 Å². The van der Waals surface area contributed by atoms with E-state index >= 15 is 0 Å². The van der Waals surface area contributed by atoms with Gasteiger partial charge in [0.2, 0.25) is 0 Å². The highest BCUT2D eigenvalue weighted by Crippen LogP contribution is 1.86. The van der Waals surface area contributed by atoms with Crippen LogP contribution in [-0.4, -0.2) is 8.41 Å². The minimum atomic E-state index is 0. The summed E-state index contributed by atoms with van der Waals surface area (Å²) in [6.45, 7) is 24.0. The van der Waals surface area contributed by atoms with Crippen molar-refractivity contribution < 1.29 is 0 Å². The van der Waals surface area contributed by atoms with Gasteiger partial charge in [0.15, 0.2) is 0 Å². The molecule has 0 nitrogen and oxygen atoms in total. The molecule has 3 radical (unpaired) electrons. The van der Waals surface area contributed by atoms with Gasteiger partial charge in [-0.2, -0.15) is 9.90 Å². The Morgan fingerprint density at radius 2 is 0.412 bits per heavy atom. The fourth-order valence-corrected chi connectivity index (χ4v) is 0. The number of rotatable bonds is 0. The summed E-state index contributed by atoms with van der Waals surface area (Å²) < 4.78 is 0. The van der Waals surface area contributed by atoms with Crippen LogP contribution in [0, 0.1) is 0 Å². The Kier molecular flexibility index (Phi) is 11800. The summed E-state index contributed by atoms with van der Waals surface area (Å²) in [6.07, 6.45) is 0. The normalized spacial score (nSPS) is 2.47. The van der Waals surface area contributed by atoms with Crippen molar-refractivity contribution in [1.29, 1.82) is 0 Å². The topological polar surface area (TPSA) is 0 Å². The molecule has 0 spiro atoms. The molecule has 0 saturated heterocycles. The van der Waals surface area contributed by atoms with Gasteiger partial charge in [0.05, 0.1) is 0 Å². The molecular formula is C13H47BP3. The van der Waals surface area contributed by atoms with Crippen LogP contribution < -0.4 is 0 Å². The first-order valence-corrected chi connectivity index (χ1v) is 9.00. The Morgan fingerprint density at radius 1 is 0.412 bits per heavy atom. The molecule has 0 aromatic carbocycles. The van der Waals surface area contributed by atoms with E-state index in [-0.39, 0.29) is 25.7 Å². The van der Waals surface area contributed by atoms with Gasteiger partial charge in [-0.1, -0.05) is 90.5 Å². The van der Waals surface area contributed by atoms with Crippen molar-refractivity contribution in [2.45, 2.75) is 90.5 Å². The molecule has 117 valence electrons. The zero-order valence-electron chi connectivity index (χ0n) is 14.4. The maximum Gasteiger partial charge on any atom is 0 e. The van der Waals surface area contributed by atoms with Crippen LogP contribution in [0.25, 0.3) is 0 Å². The molecule has 0 fully saturated rings. The summed E-state index contributed by atoms with van der Waals surface area (Å²) in [7, 11) is 4.67. The van der Waals surface area contributed by atoms with E-state index in [0.29, 0.717) is 0 Å². The zero-order valence-corrected chi connectivity index (χ0v) is 18.2. The molecule has 0 aliphatic heterocycles. The second kappa shape index (κ2) is 2530. The lowest BCUT2D eigenvalue weighted by molar-refractivity contribution is 1.50. The quantitative estimate of drug-likeness (QED) is 0.330. The predicted octanol–water partition coefficient (Wildman–Crippen LogP) is 7.12. The highest BCUT2D eigenvalue weighted by atomic mass is 32.0. The van der Waals surface area contributed by atoms with E-state index < -0.39 is 0 Å². The Labute approximate surface area is 127 Å². The number of hydrogen-bond acceptors (Lipinski definition) is 0. The molecule has 4 heteroatoms. The first-order chi connectivity index (χ1) is 7.00. The van der Waals surface area contributed by atoms with Crippen LogP contribution in [-0.2, 0) is 0 Å². The van der Waals surface area contributed by atoms with Crippen LogP contribution in [0.15, 0.2) is 0 Å². The van der Waals surface area contributed by atoms with E-state index in [1.54, 1.807) is 0 Å². The molecule has 3 unspecified atom stereocenters. The average molecular weight is 307 g/mol. The van der Waals surface area contributed by atoms with Crippen LogP contribution >= 0.6 is 27.8 Å². The van der Waals surface area contributed by atoms with Gasteiger partial charge in [0.1, 0.15) is 0 Å². The molecule has 0 amide bonds. The van der Waals surface area contributed by atoms with Crippen molar-refractivity contribution >= 4 is 36.2 Å². The predicted molar refractivity (Wildman–Crippen MR) is 111 cm³/mol. The Bertz CT molecular complexity index is 16.6. The summed E-state index contributed by atoms with van der Waals surface area (Å²) in [5, 5.41) is 0. The van der Waals surface area contributed by atoms with E-state index in [9.17, 15) is 0 Å². The zero-order chi connectivity index (χ0) is 14.0. The van der Waals surface area contributed by atoms with Crippen LogP contribution in [0.2, 0.25) is 0 Å². The molecule has 3 atom stereocenters. The van der Waals surface area contributed by atoms with Crippen LogP contribution in [0.1, 0.15) is 90.5 Å². The van der Waals surface area contributed by atoms with E-state index in [0.717, 1.165) is 0 Å². The van der Waals surface area contributed by atoms with Crippen molar-refractivity contribution in [3.05, 3.63) is 0 Å². The highest BCUT2D eigenvalue weighted by Gasteiger charge is 0.942. The largest absolute Gasteiger partial charge is 0.153 e. The molecule has 0 saturated carbocycles. The minimum absolute atomic E-state index is 0. The highest BCUT2D eigenvalue weighted by molar-refractivity contribution is 7.92. The Morgan fingerprint density at radius 3 is 0.412 bits per heavy atom. The smallest absolute Gasteiger partial charge is 0 e. The van der Waals surface area contributed by atoms with Gasteiger partial charge in [-0.25, -0.2) is 0 Å². The monoisotopic (exact) mass is 307 g/mol. The molecule has 0 aliphatic carbocycles. The van der Waals surface area contributed by atoms with Crippen molar-refractivity contribution in [3.63, 3.8) is 0 Å². The molecule has 0 N–H and O–H groups in total. The maximum atomic E-state index is 2.33. The fraction of sp³-hybridized carbons (Fsp3) is 1.00. The van der Waals surface area contributed by atoms with Crippen LogP contribution in [0.5, 0.6) is 0 Å². The van der Waals surface area contributed by atoms with E-state index in [2.05, 4.69) is 17.9 Å². The molecule has 0 heterocycles. The lowest BCUT2D eigenvalue weighted by atomic mass is 10.8. The number of hydrogen-bond donors (Lipinski definition) is 0. The lowest BCUT2D eigenvalue weighted by Crippen LogP contribution is -0.856. The third-order valence-corrected chi connectivity index (χ3v) is 0. The summed E-state index contributed by atoms with van der Waals surface area (Å²) in [4.78, 5) is 0. The fourth-order valence-electron chi connectivity index (χ4n) is 0. The Hall–Kier alpha value is 1.35. The second-order valence-corrected chi connectivity index (χ2v) is 0. The van der Waals surface area contributed by atoms with Gasteiger partial charge in [0, 0.05) is 8.41 Å². The van der Waals surface area contributed by atoms with Gasteiger partial charge in [0.25, 0.3) is 0 Å². The first kappa shape index (κ1) is 79.2. The molecule has 17 heavy (non-hydrogen) atoms. The second-order valence-electron chi connectivity index (χ2n) is 0. The Balaban J connectivity index is -0.00000000408. The molecule has 0 aliphatic rings. The molecular weight excluding hydrogens is 260 g/mol. The van der Waals surface area contributed by atoms with Gasteiger partial charge in [-0.15, -0.1) is 17.9 Å². The summed E-state index contributed by atoms with van der Waals surface area (Å²) >= 11 is 0. The molecule has 0 rings (SSSR count). The van der Waals surface area contributed by atoms with Gasteiger partial charge >= 0.3 is 0 Å². The third-order valence-electron chi connectivity index (χ3n) is 0.